The first-order valence-electron chi connectivity index (χ1n) is 9.29. The molecule has 2 unspecified atom stereocenters. The molecule has 3 heteroatoms. The Labute approximate surface area is 139 Å². The summed E-state index contributed by atoms with van der Waals surface area (Å²) in [6.07, 6.45) is 10.3. The molecular weight excluding hydrogens is 286 g/mol. The van der Waals surface area contributed by atoms with Crippen molar-refractivity contribution in [3.8, 4) is 0 Å². The van der Waals surface area contributed by atoms with Gasteiger partial charge < -0.3 is 9.47 Å². The molecule has 0 aromatic carbocycles. The van der Waals surface area contributed by atoms with E-state index in [9.17, 15) is 0 Å². The van der Waals surface area contributed by atoms with E-state index in [1.165, 1.54) is 35.2 Å². The number of aromatic nitrogens is 1. The first-order valence-corrected chi connectivity index (χ1v) is 9.29. The van der Waals surface area contributed by atoms with Gasteiger partial charge in [0.05, 0.1) is 24.9 Å². The molecular formula is C20H29NO2. The van der Waals surface area contributed by atoms with Crippen molar-refractivity contribution < 1.29 is 9.47 Å². The van der Waals surface area contributed by atoms with Gasteiger partial charge in [0.15, 0.2) is 0 Å². The molecule has 1 fully saturated rings. The summed E-state index contributed by atoms with van der Waals surface area (Å²) in [6, 6.07) is 0. The van der Waals surface area contributed by atoms with Gasteiger partial charge in [-0.15, -0.1) is 0 Å². The number of fused-ring (bicyclic) bond motifs is 4. The lowest BCUT2D eigenvalue weighted by Crippen LogP contribution is -2.40. The van der Waals surface area contributed by atoms with Crippen LogP contribution in [0.1, 0.15) is 75.3 Å². The van der Waals surface area contributed by atoms with Crippen LogP contribution in [0.2, 0.25) is 0 Å². The van der Waals surface area contributed by atoms with Crippen molar-refractivity contribution in [2.75, 3.05) is 6.61 Å². The third-order valence-corrected chi connectivity index (χ3v) is 6.03. The molecule has 1 aliphatic carbocycles. The van der Waals surface area contributed by atoms with Crippen LogP contribution < -0.4 is 0 Å². The van der Waals surface area contributed by atoms with E-state index >= 15 is 0 Å². The Hall–Kier alpha value is -0.930. The molecule has 1 aromatic heterocycles. The lowest BCUT2D eigenvalue weighted by molar-refractivity contribution is -0.138. The first-order chi connectivity index (χ1) is 11.0. The minimum absolute atomic E-state index is 0.0953. The number of pyridine rings is 1. The quantitative estimate of drug-likeness (QED) is 0.815. The maximum atomic E-state index is 6.43. The van der Waals surface area contributed by atoms with E-state index in [0.29, 0.717) is 11.5 Å². The average Bonchev–Trinajstić information content (AvgIpc) is 2.85. The van der Waals surface area contributed by atoms with Crippen molar-refractivity contribution in [2.24, 2.45) is 5.41 Å². The standard InChI is InChI=1S/C20H29NO2/c1-4-5-15-10-20(8-9-22-15)18-14(13-23-20)12-21-17-11-19(2,3)7-6-16(17)18/h12,15H,4-11,13H2,1-3H3. The topological polar surface area (TPSA) is 31.4 Å². The molecule has 0 saturated carbocycles. The summed E-state index contributed by atoms with van der Waals surface area (Å²) in [5.41, 5.74) is 5.95. The van der Waals surface area contributed by atoms with Gasteiger partial charge in [0.25, 0.3) is 0 Å². The summed E-state index contributed by atoms with van der Waals surface area (Å²) in [6.45, 7) is 8.53. The third-order valence-electron chi connectivity index (χ3n) is 6.03. The second-order valence-electron chi connectivity index (χ2n) is 8.44. The maximum Gasteiger partial charge on any atom is 0.0989 e. The second-order valence-corrected chi connectivity index (χ2v) is 8.44. The SMILES string of the molecule is CCCC1CC2(CCO1)OCc1cnc3c(c12)CCC(C)(C)C3. The van der Waals surface area contributed by atoms with Crippen molar-refractivity contribution >= 4 is 0 Å². The van der Waals surface area contributed by atoms with Gasteiger partial charge in [-0.05, 0) is 42.2 Å². The van der Waals surface area contributed by atoms with Gasteiger partial charge >= 0.3 is 0 Å². The van der Waals surface area contributed by atoms with E-state index < -0.39 is 0 Å². The summed E-state index contributed by atoms with van der Waals surface area (Å²) < 4.78 is 12.4. The lowest BCUT2D eigenvalue weighted by Gasteiger charge is -2.40. The molecule has 0 bridgehead atoms. The van der Waals surface area contributed by atoms with Crippen molar-refractivity contribution in [2.45, 2.75) is 84.0 Å². The number of nitrogens with zero attached hydrogens (tertiary/aromatic N) is 1. The summed E-state index contributed by atoms with van der Waals surface area (Å²) in [4.78, 5) is 4.81. The van der Waals surface area contributed by atoms with Crippen LogP contribution in [0.3, 0.4) is 0 Å². The normalized spacial score (nSPS) is 31.9. The molecule has 4 rings (SSSR count). The van der Waals surface area contributed by atoms with Gasteiger partial charge in [-0.3, -0.25) is 4.98 Å². The fraction of sp³-hybridized carbons (Fsp3) is 0.750. The van der Waals surface area contributed by atoms with Crippen LogP contribution in [0.5, 0.6) is 0 Å². The van der Waals surface area contributed by atoms with E-state index in [4.69, 9.17) is 14.5 Å². The van der Waals surface area contributed by atoms with Crippen LogP contribution in [0.25, 0.3) is 0 Å². The summed E-state index contributed by atoms with van der Waals surface area (Å²) >= 11 is 0. The number of rotatable bonds is 2. The van der Waals surface area contributed by atoms with Crippen molar-refractivity contribution in [1.82, 2.24) is 4.98 Å². The highest BCUT2D eigenvalue weighted by Gasteiger charge is 2.47. The predicted molar refractivity (Wildman–Crippen MR) is 90.4 cm³/mol. The Morgan fingerprint density at radius 3 is 3.00 bits per heavy atom. The minimum Gasteiger partial charge on any atom is -0.378 e. The zero-order valence-electron chi connectivity index (χ0n) is 14.8. The van der Waals surface area contributed by atoms with Gasteiger partial charge in [0.2, 0.25) is 0 Å². The molecule has 3 heterocycles. The molecule has 1 aromatic rings. The molecule has 0 radical (unpaired) electrons. The lowest BCUT2D eigenvalue weighted by atomic mass is 9.71. The Kier molecular flexibility index (Phi) is 3.77. The van der Waals surface area contributed by atoms with Crippen LogP contribution >= 0.6 is 0 Å². The van der Waals surface area contributed by atoms with Crippen molar-refractivity contribution in [3.63, 3.8) is 0 Å². The zero-order valence-corrected chi connectivity index (χ0v) is 14.8. The Balaban J connectivity index is 1.73. The summed E-state index contributed by atoms with van der Waals surface area (Å²) in [7, 11) is 0. The zero-order chi connectivity index (χ0) is 16.1. The fourth-order valence-electron chi connectivity index (χ4n) is 4.81. The molecule has 3 aliphatic rings. The highest BCUT2D eigenvalue weighted by Crippen LogP contribution is 2.49. The molecule has 1 spiro atoms. The van der Waals surface area contributed by atoms with E-state index in [0.717, 1.165) is 45.3 Å². The molecule has 23 heavy (non-hydrogen) atoms. The van der Waals surface area contributed by atoms with Crippen molar-refractivity contribution in [1.29, 1.82) is 0 Å². The molecule has 3 nitrogen and oxygen atoms in total. The predicted octanol–water partition coefficient (Wildman–Crippen LogP) is 4.30. The van der Waals surface area contributed by atoms with Gasteiger partial charge in [0.1, 0.15) is 0 Å². The second kappa shape index (κ2) is 5.56. The van der Waals surface area contributed by atoms with Crippen LogP contribution in [0, 0.1) is 5.41 Å². The molecule has 2 aliphatic heterocycles. The number of hydrogen-bond donors (Lipinski definition) is 0. The maximum absolute atomic E-state index is 6.43. The van der Waals surface area contributed by atoms with Crippen LogP contribution in [0.15, 0.2) is 6.20 Å². The van der Waals surface area contributed by atoms with Crippen LogP contribution in [-0.2, 0) is 34.5 Å². The summed E-state index contributed by atoms with van der Waals surface area (Å²) in [5.74, 6) is 0. The Bertz CT molecular complexity index is 604. The molecule has 126 valence electrons. The van der Waals surface area contributed by atoms with Crippen LogP contribution in [0.4, 0.5) is 0 Å². The Morgan fingerprint density at radius 1 is 1.30 bits per heavy atom. The average molecular weight is 315 g/mol. The van der Waals surface area contributed by atoms with Gasteiger partial charge in [0, 0.05) is 30.3 Å². The molecule has 2 atom stereocenters. The highest BCUT2D eigenvalue weighted by atomic mass is 16.5. The summed E-state index contributed by atoms with van der Waals surface area (Å²) in [5, 5.41) is 0. The minimum atomic E-state index is -0.0953. The van der Waals surface area contributed by atoms with E-state index in [1.54, 1.807) is 0 Å². The van der Waals surface area contributed by atoms with E-state index in [2.05, 4.69) is 27.0 Å². The Morgan fingerprint density at radius 2 is 2.17 bits per heavy atom. The third kappa shape index (κ3) is 2.62. The van der Waals surface area contributed by atoms with Crippen LogP contribution in [-0.4, -0.2) is 17.7 Å². The molecule has 1 saturated heterocycles. The van der Waals surface area contributed by atoms with Gasteiger partial charge in [-0.2, -0.15) is 0 Å². The number of ether oxygens (including phenoxy) is 2. The number of hydrogen-bond acceptors (Lipinski definition) is 3. The van der Waals surface area contributed by atoms with Gasteiger partial charge in [-0.25, -0.2) is 0 Å². The van der Waals surface area contributed by atoms with E-state index in [-0.39, 0.29) is 5.60 Å². The monoisotopic (exact) mass is 315 g/mol. The highest BCUT2D eigenvalue weighted by molar-refractivity contribution is 5.45. The first kappa shape index (κ1) is 15.6. The fourth-order valence-corrected chi connectivity index (χ4v) is 4.81. The van der Waals surface area contributed by atoms with E-state index in [1.807, 2.05) is 0 Å². The largest absolute Gasteiger partial charge is 0.378 e. The van der Waals surface area contributed by atoms with Gasteiger partial charge in [-0.1, -0.05) is 27.2 Å². The molecule has 0 N–H and O–H groups in total. The van der Waals surface area contributed by atoms with Crippen molar-refractivity contribution in [3.05, 3.63) is 28.6 Å². The molecule has 0 amide bonds. The smallest absolute Gasteiger partial charge is 0.0989 e.